The van der Waals surface area contributed by atoms with Gasteiger partial charge in [0.05, 0.1) is 11.3 Å². The number of halogens is 1. The van der Waals surface area contributed by atoms with Crippen LogP contribution >= 0.6 is 24.0 Å². The lowest BCUT2D eigenvalue weighted by Gasteiger charge is -2.31. The van der Waals surface area contributed by atoms with E-state index in [9.17, 15) is 4.21 Å². The second kappa shape index (κ2) is 6.54. The summed E-state index contributed by atoms with van der Waals surface area (Å²) in [5.74, 6) is 1.35. The molecule has 1 aliphatic heterocycles. The van der Waals surface area contributed by atoms with Gasteiger partial charge in [0.25, 0.3) is 0 Å². The Bertz CT molecular complexity index is 344. The highest BCUT2D eigenvalue weighted by molar-refractivity contribution is 14.0. The molecule has 6 heteroatoms. The van der Waals surface area contributed by atoms with Crippen LogP contribution in [-0.2, 0) is 10.8 Å². The van der Waals surface area contributed by atoms with Crippen LogP contribution in [-0.4, -0.2) is 45.7 Å². The van der Waals surface area contributed by atoms with E-state index in [2.05, 4.69) is 16.8 Å². The van der Waals surface area contributed by atoms with Crippen molar-refractivity contribution in [3.05, 3.63) is 0 Å². The molecule has 2 unspecified atom stereocenters. The van der Waals surface area contributed by atoms with Crippen LogP contribution in [0.25, 0.3) is 0 Å². The molecule has 1 saturated carbocycles. The number of guanidine groups is 1. The number of piperidine rings is 1. The topological polar surface area (TPSA) is 58.7 Å². The van der Waals surface area contributed by atoms with E-state index >= 15 is 0 Å². The van der Waals surface area contributed by atoms with Crippen LogP contribution in [0.15, 0.2) is 4.99 Å². The molecule has 2 aliphatic rings. The highest BCUT2D eigenvalue weighted by atomic mass is 127. The molecule has 2 N–H and O–H groups in total. The molecular formula is C12H24IN3OS. The monoisotopic (exact) mass is 385 g/mol. The zero-order valence-corrected chi connectivity index (χ0v) is 14.4. The molecule has 0 aromatic heterocycles. The summed E-state index contributed by atoms with van der Waals surface area (Å²) in [6.45, 7) is 4.91. The first-order valence-electron chi connectivity index (χ1n) is 6.42. The Hall–Kier alpha value is 0.150. The molecule has 0 aromatic carbocycles. The molecule has 106 valence electrons. The van der Waals surface area contributed by atoms with Crippen molar-refractivity contribution in [1.29, 1.82) is 0 Å². The van der Waals surface area contributed by atoms with Gasteiger partial charge in [0.1, 0.15) is 0 Å². The average Bonchev–Trinajstić information content (AvgIpc) is 3.07. The largest absolute Gasteiger partial charge is 0.370 e. The molecule has 1 heterocycles. The van der Waals surface area contributed by atoms with E-state index < -0.39 is 10.8 Å². The standard InChI is InChI=1S/C12H23N3OS.HI/c1-10-4-3-7-15(8-10)11(13)14-9-12(5-6-12)17(2)16;/h10H,3-9H2,1-2H3,(H2,13,14);1H. The third kappa shape index (κ3) is 3.82. The minimum atomic E-state index is -0.774. The van der Waals surface area contributed by atoms with Crippen LogP contribution < -0.4 is 5.73 Å². The molecule has 2 fully saturated rings. The maximum Gasteiger partial charge on any atom is 0.191 e. The first kappa shape index (κ1) is 16.2. The summed E-state index contributed by atoms with van der Waals surface area (Å²) < 4.78 is 11.5. The fourth-order valence-corrected chi connectivity index (χ4v) is 3.32. The minimum Gasteiger partial charge on any atom is -0.370 e. The Morgan fingerprint density at radius 1 is 1.56 bits per heavy atom. The zero-order chi connectivity index (χ0) is 12.5. The van der Waals surface area contributed by atoms with Gasteiger partial charge in [-0.25, -0.2) is 0 Å². The van der Waals surface area contributed by atoms with Crippen molar-refractivity contribution in [2.24, 2.45) is 16.6 Å². The Kier molecular flexibility index (Phi) is 5.89. The summed E-state index contributed by atoms with van der Waals surface area (Å²) in [4.78, 5) is 6.63. The van der Waals surface area contributed by atoms with Gasteiger partial charge in [-0.05, 0) is 31.6 Å². The van der Waals surface area contributed by atoms with E-state index in [1.165, 1.54) is 12.8 Å². The molecule has 0 bridgehead atoms. The Balaban J connectivity index is 0.00000162. The van der Waals surface area contributed by atoms with Crippen molar-refractivity contribution >= 4 is 40.7 Å². The van der Waals surface area contributed by atoms with Gasteiger partial charge < -0.3 is 10.6 Å². The molecule has 2 atom stereocenters. The molecule has 2 rings (SSSR count). The summed E-state index contributed by atoms with van der Waals surface area (Å²) in [6.07, 6.45) is 6.32. The second-order valence-corrected chi connectivity index (χ2v) is 7.28. The van der Waals surface area contributed by atoms with Gasteiger partial charge in [0.15, 0.2) is 5.96 Å². The van der Waals surface area contributed by atoms with Gasteiger partial charge in [-0.1, -0.05) is 6.92 Å². The molecule has 1 saturated heterocycles. The third-order valence-corrected chi connectivity index (χ3v) is 5.68. The zero-order valence-electron chi connectivity index (χ0n) is 11.2. The molecule has 0 radical (unpaired) electrons. The average molecular weight is 385 g/mol. The number of nitrogens with two attached hydrogens (primary N) is 1. The lowest BCUT2D eigenvalue weighted by atomic mass is 10.0. The van der Waals surface area contributed by atoms with E-state index in [4.69, 9.17) is 5.73 Å². The lowest BCUT2D eigenvalue weighted by molar-refractivity contribution is 0.270. The van der Waals surface area contributed by atoms with Crippen molar-refractivity contribution in [3.63, 3.8) is 0 Å². The van der Waals surface area contributed by atoms with Gasteiger partial charge in [-0.3, -0.25) is 9.20 Å². The maximum absolute atomic E-state index is 11.6. The normalized spacial score (nSPS) is 28.4. The van der Waals surface area contributed by atoms with Crippen LogP contribution in [0.1, 0.15) is 32.6 Å². The quantitative estimate of drug-likeness (QED) is 0.456. The highest BCUT2D eigenvalue weighted by Crippen LogP contribution is 2.41. The van der Waals surface area contributed by atoms with E-state index in [0.717, 1.165) is 25.9 Å². The molecule has 0 aromatic rings. The van der Waals surface area contributed by atoms with Crippen molar-refractivity contribution < 1.29 is 4.21 Å². The van der Waals surface area contributed by atoms with E-state index in [-0.39, 0.29) is 28.7 Å². The fourth-order valence-electron chi connectivity index (χ4n) is 2.40. The Labute approximate surface area is 129 Å². The van der Waals surface area contributed by atoms with Crippen molar-refractivity contribution in [2.75, 3.05) is 25.9 Å². The molecule has 4 nitrogen and oxygen atoms in total. The van der Waals surface area contributed by atoms with Gasteiger partial charge >= 0.3 is 0 Å². The lowest BCUT2D eigenvalue weighted by Crippen LogP contribution is -2.44. The number of hydrogen-bond acceptors (Lipinski definition) is 2. The van der Waals surface area contributed by atoms with Gasteiger partial charge in [0, 0.05) is 30.1 Å². The summed E-state index contributed by atoms with van der Waals surface area (Å²) in [5.41, 5.74) is 6.02. The van der Waals surface area contributed by atoms with E-state index in [1.54, 1.807) is 6.26 Å². The van der Waals surface area contributed by atoms with Gasteiger partial charge in [0.2, 0.25) is 0 Å². The first-order valence-corrected chi connectivity index (χ1v) is 7.98. The smallest absolute Gasteiger partial charge is 0.191 e. The van der Waals surface area contributed by atoms with Crippen LogP contribution in [0, 0.1) is 5.92 Å². The van der Waals surface area contributed by atoms with E-state index in [0.29, 0.717) is 18.4 Å². The SMILES string of the molecule is CC1CCCN(C(N)=NCC2(S(C)=O)CC2)C1.I. The van der Waals surface area contributed by atoms with Crippen LogP contribution in [0.5, 0.6) is 0 Å². The van der Waals surface area contributed by atoms with Crippen molar-refractivity contribution in [1.82, 2.24) is 4.90 Å². The van der Waals surface area contributed by atoms with Crippen LogP contribution in [0.3, 0.4) is 0 Å². The first-order chi connectivity index (χ1) is 8.03. The number of hydrogen-bond donors (Lipinski definition) is 1. The molecule has 18 heavy (non-hydrogen) atoms. The summed E-state index contributed by atoms with van der Waals surface area (Å²) in [6, 6.07) is 0. The Morgan fingerprint density at radius 3 is 2.72 bits per heavy atom. The predicted octanol–water partition coefficient (Wildman–Crippen LogP) is 1.56. The molecule has 0 amide bonds. The number of aliphatic imine (C=N–C) groups is 1. The predicted molar refractivity (Wildman–Crippen MR) is 87.9 cm³/mol. The van der Waals surface area contributed by atoms with Gasteiger partial charge in [-0.15, -0.1) is 24.0 Å². The summed E-state index contributed by atoms with van der Waals surface area (Å²) >= 11 is 0. The molecule has 0 spiro atoms. The van der Waals surface area contributed by atoms with E-state index in [1.807, 2.05) is 0 Å². The van der Waals surface area contributed by atoms with Crippen LogP contribution in [0.4, 0.5) is 0 Å². The second-order valence-electron chi connectivity index (χ2n) is 5.50. The molecular weight excluding hydrogens is 361 g/mol. The Morgan fingerprint density at radius 2 is 2.22 bits per heavy atom. The third-order valence-electron chi connectivity index (χ3n) is 3.93. The highest BCUT2D eigenvalue weighted by Gasteiger charge is 2.46. The number of likely N-dealkylation sites (tertiary alicyclic amines) is 1. The minimum absolute atomic E-state index is 0. The number of nitrogens with zero attached hydrogens (tertiary/aromatic N) is 2. The van der Waals surface area contributed by atoms with Gasteiger partial charge in [-0.2, -0.15) is 0 Å². The fraction of sp³-hybridized carbons (Fsp3) is 0.917. The molecule has 1 aliphatic carbocycles. The van der Waals surface area contributed by atoms with Crippen molar-refractivity contribution in [2.45, 2.75) is 37.4 Å². The maximum atomic E-state index is 11.6. The van der Waals surface area contributed by atoms with Crippen LogP contribution in [0.2, 0.25) is 0 Å². The summed E-state index contributed by atoms with van der Waals surface area (Å²) in [7, 11) is -0.774. The number of rotatable bonds is 3. The van der Waals surface area contributed by atoms with Crippen molar-refractivity contribution in [3.8, 4) is 0 Å². The summed E-state index contributed by atoms with van der Waals surface area (Å²) in [5, 5.41) is 0.